The monoisotopic (exact) mass is 394 g/mol. The number of likely N-dealkylation sites (tertiary alicyclic amines) is 1. The third-order valence-electron chi connectivity index (χ3n) is 4.61. The summed E-state index contributed by atoms with van der Waals surface area (Å²) in [6.07, 6.45) is -3.45. The number of rotatable bonds is 3. The third-order valence-corrected chi connectivity index (χ3v) is 4.61. The highest BCUT2D eigenvalue weighted by Gasteiger charge is 2.33. The second-order valence-electron chi connectivity index (χ2n) is 6.67. The number of nitrogens with zero attached hydrogens (tertiary/aromatic N) is 1. The molecule has 1 aliphatic heterocycles. The summed E-state index contributed by atoms with van der Waals surface area (Å²) < 4.78 is 51.9. The molecule has 1 saturated heterocycles. The van der Waals surface area contributed by atoms with Crippen LogP contribution in [0.5, 0.6) is 0 Å². The van der Waals surface area contributed by atoms with Crippen LogP contribution in [0.2, 0.25) is 0 Å². The van der Waals surface area contributed by atoms with Gasteiger partial charge in [0, 0.05) is 24.3 Å². The Labute approximate surface area is 159 Å². The molecule has 0 bridgehead atoms. The average Bonchev–Trinajstić information content (AvgIpc) is 2.67. The molecule has 0 saturated carbocycles. The number of benzene rings is 2. The van der Waals surface area contributed by atoms with Gasteiger partial charge in [0.2, 0.25) is 5.91 Å². The van der Waals surface area contributed by atoms with Gasteiger partial charge in [-0.15, -0.1) is 0 Å². The van der Waals surface area contributed by atoms with Crippen molar-refractivity contribution in [3.05, 3.63) is 65.5 Å². The lowest BCUT2D eigenvalue weighted by atomic mass is 9.96. The van der Waals surface area contributed by atoms with E-state index in [1.54, 1.807) is 6.07 Å². The fourth-order valence-corrected chi connectivity index (χ4v) is 3.20. The Hall–Kier alpha value is -2.90. The maximum Gasteiger partial charge on any atom is 0.416 e. The maximum absolute atomic E-state index is 13.2. The number of nitrogens with one attached hydrogen (secondary N) is 1. The van der Waals surface area contributed by atoms with Gasteiger partial charge in [0.25, 0.3) is 5.91 Å². The van der Waals surface area contributed by atoms with Crippen LogP contribution in [0.4, 0.5) is 23.2 Å². The highest BCUT2D eigenvalue weighted by Crippen LogP contribution is 2.30. The molecule has 0 aromatic heterocycles. The van der Waals surface area contributed by atoms with E-state index in [2.05, 4.69) is 5.32 Å². The van der Waals surface area contributed by atoms with Crippen LogP contribution in [0.3, 0.4) is 0 Å². The van der Waals surface area contributed by atoms with Crippen LogP contribution in [-0.4, -0.2) is 29.8 Å². The maximum atomic E-state index is 13.2. The molecule has 2 amide bonds. The summed E-state index contributed by atoms with van der Waals surface area (Å²) in [5, 5.41) is 2.62. The van der Waals surface area contributed by atoms with E-state index in [1.807, 2.05) is 0 Å². The molecule has 2 aromatic rings. The van der Waals surface area contributed by atoms with Crippen LogP contribution in [0.25, 0.3) is 0 Å². The topological polar surface area (TPSA) is 49.4 Å². The number of piperidine rings is 1. The van der Waals surface area contributed by atoms with Gasteiger partial charge in [-0.1, -0.05) is 12.1 Å². The highest BCUT2D eigenvalue weighted by molar-refractivity contribution is 5.96. The minimum atomic E-state index is -4.54. The molecular weight excluding hydrogens is 376 g/mol. The van der Waals surface area contributed by atoms with E-state index in [1.165, 1.54) is 35.2 Å². The lowest BCUT2D eigenvalue weighted by Gasteiger charge is -2.32. The van der Waals surface area contributed by atoms with Crippen LogP contribution in [0, 0.1) is 11.7 Å². The molecule has 0 unspecified atom stereocenters. The van der Waals surface area contributed by atoms with Crippen LogP contribution in [0.15, 0.2) is 48.5 Å². The molecule has 2 aromatic carbocycles. The molecule has 4 nitrogen and oxygen atoms in total. The number of anilines is 1. The quantitative estimate of drug-likeness (QED) is 0.788. The molecule has 1 heterocycles. The number of halogens is 4. The number of amides is 2. The number of hydrogen-bond acceptors (Lipinski definition) is 2. The average molecular weight is 394 g/mol. The molecule has 0 radical (unpaired) electrons. The summed E-state index contributed by atoms with van der Waals surface area (Å²) in [6.45, 7) is 0.453. The molecular formula is C20H18F4N2O2. The van der Waals surface area contributed by atoms with E-state index in [9.17, 15) is 27.2 Å². The van der Waals surface area contributed by atoms with Gasteiger partial charge in [-0.3, -0.25) is 9.59 Å². The van der Waals surface area contributed by atoms with Gasteiger partial charge in [-0.25, -0.2) is 4.39 Å². The largest absolute Gasteiger partial charge is 0.416 e. The van der Waals surface area contributed by atoms with E-state index in [0.29, 0.717) is 25.1 Å². The number of carbonyl (C=O) groups is 2. The lowest BCUT2D eigenvalue weighted by molar-refractivity contribution is -0.137. The van der Waals surface area contributed by atoms with Crippen LogP contribution in [0.1, 0.15) is 28.8 Å². The fraction of sp³-hybridized carbons (Fsp3) is 0.300. The zero-order valence-electron chi connectivity index (χ0n) is 14.8. The number of hydrogen-bond donors (Lipinski definition) is 1. The third kappa shape index (κ3) is 4.68. The van der Waals surface area contributed by atoms with Crippen molar-refractivity contribution < 1.29 is 27.2 Å². The van der Waals surface area contributed by atoms with Gasteiger partial charge in [0.1, 0.15) is 5.82 Å². The highest BCUT2D eigenvalue weighted by atomic mass is 19.4. The minimum Gasteiger partial charge on any atom is -0.338 e. The summed E-state index contributed by atoms with van der Waals surface area (Å²) in [6, 6.07) is 9.70. The van der Waals surface area contributed by atoms with E-state index in [4.69, 9.17) is 0 Å². The fourth-order valence-electron chi connectivity index (χ4n) is 3.20. The second kappa shape index (κ2) is 8.00. The molecule has 3 rings (SSSR count). The summed E-state index contributed by atoms with van der Waals surface area (Å²) in [4.78, 5) is 26.5. The molecule has 0 aliphatic carbocycles. The SMILES string of the molecule is O=C(Nc1cccc(F)c1)[C@H]1CCCN(C(=O)c2cccc(C(F)(F)F)c2)C1. The van der Waals surface area contributed by atoms with Gasteiger partial charge in [-0.2, -0.15) is 13.2 Å². The summed E-state index contributed by atoms with van der Waals surface area (Å²) in [5.41, 5.74) is -0.650. The molecule has 8 heteroatoms. The van der Waals surface area contributed by atoms with Crippen molar-refractivity contribution in [2.75, 3.05) is 18.4 Å². The van der Waals surface area contributed by atoms with Crippen LogP contribution < -0.4 is 5.32 Å². The Morgan fingerprint density at radius 3 is 2.54 bits per heavy atom. The van der Waals surface area contributed by atoms with Gasteiger partial charge in [0.05, 0.1) is 11.5 Å². The van der Waals surface area contributed by atoms with Crippen molar-refractivity contribution in [1.29, 1.82) is 0 Å². The Morgan fingerprint density at radius 2 is 1.82 bits per heavy atom. The number of alkyl halides is 3. The molecule has 1 aliphatic rings. The Kier molecular flexibility index (Phi) is 5.67. The van der Waals surface area contributed by atoms with Gasteiger partial charge >= 0.3 is 6.18 Å². The van der Waals surface area contributed by atoms with Crippen molar-refractivity contribution in [1.82, 2.24) is 4.90 Å². The first-order valence-electron chi connectivity index (χ1n) is 8.77. The predicted molar refractivity (Wildman–Crippen MR) is 95.1 cm³/mol. The first-order valence-corrected chi connectivity index (χ1v) is 8.77. The summed E-state index contributed by atoms with van der Waals surface area (Å²) in [7, 11) is 0. The second-order valence-corrected chi connectivity index (χ2v) is 6.67. The first-order chi connectivity index (χ1) is 13.2. The standard InChI is InChI=1S/C20H18F4N2O2/c21-16-7-2-8-17(11-16)25-18(27)14-5-3-9-26(12-14)19(28)13-4-1-6-15(10-13)20(22,23)24/h1-2,4,6-8,10-11,14H,3,5,9,12H2,(H,25,27)/t14-/m0/s1. The molecule has 1 atom stereocenters. The van der Waals surface area contributed by atoms with Crippen LogP contribution >= 0.6 is 0 Å². The van der Waals surface area contributed by atoms with Crippen molar-refractivity contribution in [2.24, 2.45) is 5.92 Å². The Bertz CT molecular complexity index is 883. The van der Waals surface area contributed by atoms with E-state index >= 15 is 0 Å². The van der Waals surface area contributed by atoms with Crippen molar-refractivity contribution in [3.8, 4) is 0 Å². The predicted octanol–water partition coefficient (Wildman–Crippen LogP) is 4.34. The normalized spacial score (nSPS) is 17.3. The Balaban J connectivity index is 1.69. The molecule has 1 N–H and O–H groups in total. The number of carbonyl (C=O) groups excluding carboxylic acids is 2. The zero-order chi connectivity index (χ0) is 20.3. The van der Waals surface area contributed by atoms with Gasteiger partial charge < -0.3 is 10.2 Å². The smallest absolute Gasteiger partial charge is 0.338 e. The van der Waals surface area contributed by atoms with Crippen molar-refractivity contribution in [2.45, 2.75) is 19.0 Å². The lowest BCUT2D eigenvalue weighted by Crippen LogP contribution is -2.43. The van der Waals surface area contributed by atoms with Crippen molar-refractivity contribution in [3.63, 3.8) is 0 Å². The molecule has 0 spiro atoms. The van der Waals surface area contributed by atoms with Crippen molar-refractivity contribution >= 4 is 17.5 Å². The summed E-state index contributed by atoms with van der Waals surface area (Å²) in [5.74, 6) is -1.91. The van der Waals surface area contributed by atoms with Crippen LogP contribution in [-0.2, 0) is 11.0 Å². The zero-order valence-corrected chi connectivity index (χ0v) is 14.8. The van der Waals surface area contributed by atoms with E-state index in [0.717, 1.165) is 12.1 Å². The van der Waals surface area contributed by atoms with Gasteiger partial charge in [0.15, 0.2) is 0 Å². The Morgan fingerprint density at radius 1 is 1.07 bits per heavy atom. The summed E-state index contributed by atoms with van der Waals surface area (Å²) >= 11 is 0. The van der Waals surface area contributed by atoms with E-state index < -0.39 is 29.4 Å². The van der Waals surface area contributed by atoms with Gasteiger partial charge in [-0.05, 0) is 49.2 Å². The molecule has 28 heavy (non-hydrogen) atoms. The molecule has 148 valence electrons. The van der Waals surface area contributed by atoms with E-state index in [-0.39, 0.29) is 18.0 Å². The molecule has 1 fully saturated rings. The minimum absolute atomic E-state index is 0.0685. The first kappa shape index (κ1) is 19.9.